The van der Waals surface area contributed by atoms with E-state index in [1.54, 1.807) is 30.1 Å². The van der Waals surface area contributed by atoms with Gasteiger partial charge in [0, 0.05) is 28.3 Å². The van der Waals surface area contributed by atoms with Crippen LogP contribution >= 0.6 is 34.4 Å². The molecule has 0 aliphatic carbocycles. The van der Waals surface area contributed by atoms with E-state index in [-0.39, 0.29) is 11.5 Å². The van der Waals surface area contributed by atoms with Crippen molar-refractivity contribution in [1.29, 1.82) is 0 Å². The van der Waals surface area contributed by atoms with Crippen LogP contribution in [0.5, 0.6) is 0 Å². The second-order valence-corrected chi connectivity index (χ2v) is 8.20. The normalized spacial score (nSPS) is 10.9. The second kappa shape index (κ2) is 7.45. The van der Waals surface area contributed by atoms with Crippen molar-refractivity contribution in [2.45, 2.75) is 10.6 Å². The molecule has 1 N–H and O–H groups in total. The number of hydrogen-bond donors (Lipinski definition) is 1. The first-order valence-electron chi connectivity index (χ1n) is 7.73. The molecule has 0 saturated carbocycles. The van der Waals surface area contributed by atoms with Crippen LogP contribution in [0.4, 0.5) is 5.69 Å². The monoisotopic (exact) mass is 399 g/mol. The number of nitrogens with one attached hydrogen (secondary N) is 1. The summed E-state index contributed by atoms with van der Waals surface area (Å²) in [5.41, 5.74) is 1.40. The molecule has 3 aromatic heterocycles. The number of hydrogen-bond acceptors (Lipinski definition) is 6. The number of carbonyl (C=O) groups is 1. The molecule has 1 aromatic carbocycles. The highest BCUT2D eigenvalue weighted by Gasteiger charge is 2.11. The van der Waals surface area contributed by atoms with Crippen molar-refractivity contribution in [3.63, 3.8) is 0 Å². The maximum Gasteiger partial charge on any atom is 0.265 e. The summed E-state index contributed by atoms with van der Waals surface area (Å²) in [6.45, 7) is 0. The lowest BCUT2D eigenvalue weighted by atomic mass is 10.3. The van der Waals surface area contributed by atoms with Gasteiger partial charge in [-0.05, 0) is 23.6 Å². The predicted octanol–water partition coefficient (Wildman–Crippen LogP) is 4.36. The average molecular weight is 400 g/mol. The first-order valence-corrected chi connectivity index (χ1v) is 10.5. The molecule has 5 nitrogen and oxygen atoms in total. The molecule has 0 unspecified atom stereocenters. The Morgan fingerprint density at radius 3 is 2.88 bits per heavy atom. The van der Waals surface area contributed by atoms with Gasteiger partial charge in [0.2, 0.25) is 0 Å². The van der Waals surface area contributed by atoms with E-state index in [2.05, 4.69) is 10.3 Å². The molecule has 4 aromatic rings. The Morgan fingerprint density at radius 1 is 1.15 bits per heavy atom. The van der Waals surface area contributed by atoms with Crippen LogP contribution in [0, 0.1) is 0 Å². The highest BCUT2D eigenvalue weighted by atomic mass is 32.2. The zero-order valence-electron chi connectivity index (χ0n) is 13.4. The number of thioether (sulfide) groups is 1. The molecule has 4 rings (SSSR count). The first kappa shape index (κ1) is 17.0. The molecule has 0 aliphatic rings. The molecule has 8 heteroatoms. The number of anilines is 1. The van der Waals surface area contributed by atoms with Gasteiger partial charge in [0.1, 0.15) is 0 Å². The van der Waals surface area contributed by atoms with Crippen molar-refractivity contribution in [2.24, 2.45) is 0 Å². The Balaban J connectivity index is 1.53. The summed E-state index contributed by atoms with van der Waals surface area (Å²) in [6, 6.07) is 12.8. The van der Waals surface area contributed by atoms with Crippen LogP contribution in [0.3, 0.4) is 0 Å². The summed E-state index contributed by atoms with van der Waals surface area (Å²) in [5.74, 6) is 0.430. The van der Waals surface area contributed by atoms with Crippen LogP contribution in [0.2, 0.25) is 0 Å². The van der Waals surface area contributed by atoms with Gasteiger partial charge in [0.15, 0.2) is 4.96 Å². The zero-order chi connectivity index (χ0) is 17.9. The summed E-state index contributed by atoms with van der Waals surface area (Å²) in [4.78, 5) is 31.2. The van der Waals surface area contributed by atoms with E-state index in [1.807, 2.05) is 41.1 Å². The molecule has 0 saturated heterocycles. The number of thiazole rings is 1. The molecule has 0 bridgehead atoms. The fourth-order valence-corrected chi connectivity index (χ4v) is 4.66. The Morgan fingerprint density at radius 2 is 2.04 bits per heavy atom. The summed E-state index contributed by atoms with van der Waals surface area (Å²) < 4.78 is 1.54. The van der Waals surface area contributed by atoms with E-state index in [1.165, 1.54) is 27.1 Å². The quantitative estimate of drug-likeness (QED) is 0.507. The second-order valence-electron chi connectivity index (χ2n) is 5.36. The lowest BCUT2D eigenvalue weighted by molar-refractivity contribution is 0.103. The number of amides is 1. The number of para-hydroxylation sites is 1. The number of rotatable bonds is 5. The van der Waals surface area contributed by atoms with Gasteiger partial charge in [-0.3, -0.25) is 14.0 Å². The van der Waals surface area contributed by atoms with Crippen molar-refractivity contribution in [3.05, 3.63) is 80.3 Å². The van der Waals surface area contributed by atoms with Gasteiger partial charge in [0.25, 0.3) is 11.5 Å². The number of fused-ring (bicyclic) bond motifs is 1. The lowest BCUT2D eigenvalue weighted by Gasteiger charge is -2.10. The van der Waals surface area contributed by atoms with Crippen LogP contribution in [-0.4, -0.2) is 15.3 Å². The third-order valence-corrected chi connectivity index (χ3v) is 6.34. The summed E-state index contributed by atoms with van der Waals surface area (Å²) >= 11 is 4.38. The minimum Gasteiger partial charge on any atom is -0.320 e. The predicted molar refractivity (Wildman–Crippen MR) is 108 cm³/mol. The van der Waals surface area contributed by atoms with E-state index < -0.39 is 0 Å². The highest BCUT2D eigenvalue weighted by molar-refractivity contribution is 7.98. The standard InChI is InChI=1S/C18H13N3O2S3/c22-16-10-12(19-18-21(16)7-9-25-18)11-26-14-5-2-1-4-13(14)20-17(23)15-6-3-8-24-15/h1-10H,11H2,(H,20,23). The van der Waals surface area contributed by atoms with E-state index >= 15 is 0 Å². The average Bonchev–Trinajstić information content (AvgIpc) is 3.33. The molecular formula is C18H13N3O2S3. The summed E-state index contributed by atoms with van der Waals surface area (Å²) in [5, 5.41) is 6.67. The maximum absolute atomic E-state index is 12.3. The van der Waals surface area contributed by atoms with Crippen LogP contribution in [-0.2, 0) is 5.75 Å². The van der Waals surface area contributed by atoms with E-state index in [9.17, 15) is 9.59 Å². The zero-order valence-corrected chi connectivity index (χ0v) is 15.9. The van der Waals surface area contributed by atoms with E-state index in [4.69, 9.17) is 0 Å². The largest absolute Gasteiger partial charge is 0.320 e. The van der Waals surface area contributed by atoms with E-state index in [0.717, 1.165) is 16.3 Å². The van der Waals surface area contributed by atoms with Crippen molar-refractivity contribution < 1.29 is 4.79 Å². The molecule has 26 heavy (non-hydrogen) atoms. The van der Waals surface area contributed by atoms with Crippen molar-refractivity contribution in [3.8, 4) is 0 Å². The lowest BCUT2D eigenvalue weighted by Crippen LogP contribution is -2.12. The third kappa shape index (κ3) is 3.57. The SMILES string of the molecule is O=C(Nc1ccccc1SCc1cc(=O)n2ccsc2n1)c1cccs1. The molecule has 0 spiro atoms. The molecule has 0 radical (unpaired) electrons. The number of carbonyl (C=O) groups excluding carboxylic acids is 1. The first-order chi connectivity index (χ1) is 12.7. The Bertz CT molecular complexity index is 1120. The van der Waals surface area contributed by atoms with Gasteiger partial charge in [-0.1, -0.05) is 18.2 Å². The number of thiophene rings is 1. The summed E-state index contributed by atoms with van der Waals surface area (Å²) in [7, 11) is 0. The smallest absolute Gasteiger partial charge is 0.265 e. The van der Waals surface area contributed by atoms with Crippen LogP contribution in [0.25, 0.3) is 4.96 Å². The van der Waals surface area contributed by atoms with Gasteiger partial charge >= 0.3 is 0 Å². The summed E-state index contributed by atoms with van der Waals surface area (Å²) in [6.07, 6.45) is 1.72. The molecule has 0 aliphatic heterocycles. The number of benzene rings is 1. The van der Waals surface area contributed by atoms with Crippen LogP contribution < -0.4 is 10.9 Å². The molecular weight excluding hydrogens is 386 g/mol. The molecule has 3 heterocycles. The van der Waals surface area contributed by atoms with Gasteiger partial charge in [-0.25, -0.2) is 4.98 Å². The Kier molecular flexibility index (Phi) is 4.87. The number of nitrogens with zero attached hydrogens (tertiary/aromatic N) is 2. The van der Waals surface area contributed by atoms with Gasteiger partial charge < -0.3 is 5.32 Å². The van der Waals surface area contributed by atoms with Gasteiger partial charge in [-0.15, -0.1) is 34.4 Å². The molecule has 1 amide bonds. The van der Waals surface area contributed by atoms with Crippen LogP contribution in [0.1, 0.15) is 15.4 Å². The van der Waals surface area contributed by atoms with E-state index in [0.29, 0.717) is 15.6 Å². The highest BCUT2D eigenvalue weighted by Crippen LogP contribution is 2.30. The fraction of sp³-hybridized carbons (Fsp3) is 0.0556. The topological polar surface area (TPSA) is 63.5 Å². The minimum absolute atomic E-state index is 0.0777. The van der Waals surface area contributed by atoms with Gasteiger partial charge in [0.05, 0.1) is 16.3 Å². The molecule has 0 fully saturated rings. The third-order valence-electron chi connectivity index (χ3n) is 3.61. The van der Waals surface area contributed by atoms with Crippen molar-refractivity contribution in [1.82, 2.24) is 9.38 Å². The Hall–Kier alpha value is -2.42. The minimum atomic E-state index is -0.121. The maximum atomic E-state index is 12.3. The van der Waals surface area contributed by atoms with Crippen molar-refractivity contribution >= 4 is 51.0 Å². The van der Waals surface area contributed by atoms with Crippen molar-refractivity contribution in [2.75, 3.05) is 5.32 Å². The molecule has 0 atom stereocenters. The molecule has 130 valence electrons. The van der Waals surface area contributed by atoms with Gasteiger partial charge in [-0.2, -0.15) is 0 Å². The number of aromatic nitrogens is 2. The Labute approximate surface area is 161 Å². The fourth-order valence-electron chi connectivity index (χ4n) is 2.40. The van der Waals surface area contributed by atoms with Crippen LogP contribution in [0.15, 0.2) is 69.1 Å².